The Hall–Kier alpha value is -1.42. The first kappa shape index (κ1) is 9.15. The van der Waals surface area contributed by atoms with E-state index in [0.717, 1.165) is 11.5 Å². The van der Waals surface area contributed by atoms with Gasteiger partial charge in [0.05, 0.1) is 0 Å². The number of thiophene rings is 1. The molecule has 0 fully saturated rings. The predicted molar refractivity (Wildman–Crippen MR) is 56.7 cm³/mol. The third-order valence-electron chi connectivity index (χ3n) is 1.84. The smallest absolute Gasteiger partial charge is 0.251 e. The molecule has 0 radical (unpaired) electrons. The van der Waals surface area contributed by atoms with Crippen molar-refractivity contribution in [3.05, 3.63) is 50.3 Å². The zero-order valence-electron chi connectivity index (χ0n) is 7.78. The van der Waals surface area contributed by atoms with Crippen LogP contribution in [0.2, 0.25) is 0 Å². The minimum Gasteiger partial charge on any atom is -0.310 e. The number of hydrogen-bond donors (Lipinski definition) is 1. The van der Waals surface area contributed by atoms with Crippen LogP contribution in [0.3, 0.4) is 0 Å². The first-order valence-electron chi connectivity index (χ1n) is 4.33. The Bertz CT molecular complexity index is 473. The Labute approximate surface area is 85.5 Å². The molecule has 2 aromatic heterocycles. The van der Waals surface area contributed by atoms with Gasteiger partial charge in [0.2, 0.25) is 0 Å². The highest BCUT2D eigenvalue weighted by Gasteiger charge is 2.00. The standard InChI is InChI=1S/C10H10N2OS/c1-7-5-10(13)12-9(11-7)6-8-3-2-4-14-8/h2-5H,6H2,1H3,(H,11,12,13). The molecule has 1 N–H and O–H groups in total. The molecule has 72 valence electrons. The maximum atomic E-state index is 11.1. The zero-order valence-corrected chi connectivity index (χ0v) is 8.60. The topological polar surface area (TPSA) is 45.8 Å². The number of aryl methyl sites for hydroxylation is 1. The van der Waals surface area contributed by atoms with Crippen LogP contribution in [0, 0.1) is 6.92 Å². The van der Waals surface area contributed by atoms with Crippen LogP contribution in [-0.4, -0.2) is 9.97 Å². The highest BCUT2D eigenvalue weighted by molar-refractivity contribution is 7.09. The first-order valence-corrected chi connectivity index (χ1v) is 5.21. The van der Waals surface area contributed by atoms with Gasteiger partial charge in [-0.15, -0.1) is 11.3 Å². The second-order valence-electron chi connectivity index (χ2n) is 3.09. The van der Waals surface area contributed by atoms with Gasteiger partial charge in [0.25, 0.3) is 5.56 Å². The van der Waals surface area contributed by atoms with Gasteiger partial charge in [-0.3, -0.25) is 4.79 Å². The lowest BCUT2D eigenvalue weighted by atomic mass is 10.3. The van der Waals surface area contributed by atoms with E-state index in [4.69, 9.17) is 0 Å². The average molecular weight is 206 g/mol. The van der Waals surface area contributed by atoms with Gasteiger partial charge in [-0.25, -0.2) is 4.98 Å². The lowest BCUT2D eigenvalue weighted by Gasteiger charge is -1.98. The minimum absolute atomic E-state index is 0.0796. The van der Waals surface area contributed by atoms with E-state index >= 15 is 0 Å². The summed E-state index contributed by atoms with van der Waals surface area (Å²) in [6.07, 6.45) is 0.703. The van der Waals surface area contributed by atoms with Crippen LogP contribution in [0.1, 0.15) is 16.4 Å². The highest BCUT2D eigenvalue weighted by atomic mass is 32.1. The van der Waals surface area contributed by atoms with E-state index < -0.39 is 0 Å². The molecule has 0 aliphatic heterocycles. The summed E-state index contributed by atoms with van der Waals surface area (Å²) in [4.78, 5) is 19.3. The molecule has 2 aromatic rings. The summed E-state index contributed by atoms with van der Waals surface area (Å²) < 4.78 is 0. The van der Waals surface area contributed by atoms with Crippen molar-refractivity contribution in [1.29, 1.82) is 0 Å². The van der Waals surface area contributed by atoms with E-state index in [-0.39, 0.29) is 5.56 Å². The van der Waals surface area contributed by atoms with Gasteiger partial charge in [-0.05, 0) is 18.4 Å². The van der Waals surface area contributed by atoms with Gasteiger partial charge in [-0.1, -0.05) is 6.07 Å². The molecule has 0 amide bonds. The van der Waals surface area contributed by atoms with Crippen LogP contribution in [0.5, 0.6) is 0 Å². The van der Waals surface area contributed by atoms with E-state index in [1.165, 1.54) is 10.9 Å². The van der Waals surface area contributed by atoms with Crippen LogP contribution in [-0.2, 0) is 6.42 Å². The van der Waals surface area contributed by atoms with Crippen molar-refractivity contribution >= 4 is 11.3 Å². The molecular weight excluding hydrogens is 196 g/mol. The van der Waals surface area contributed by atoms with Crippen LogP contribution in [0.15, 0.2) is 28.4 Å². The van der Waals surface area contributed by atoms with E-state index in [2.05, 4.69) is 9.97 Å². The average Bonchev–Trinajstić information content (AvgIpc) is 2.54. The first-order chi connectivity index (χ1) is 6.74. The fraction of sp³-hybridized carbons (Fsp3) is 0.200. The number of aromatic nitrogens is 2. The largest absolute Gasteiger partial charge is 0.310 e. The molecule has 2 heterocycles. The van der Waals surface area contributed by atoms with Crippen LogP contribution in [0.25, 0.3) is 0 Å². The molecule has 0 spiro atoms. The number of aromatic amines is 1. The van der Waals surface area contributed by atoms with Crippen molar-refractivity contribution in [2.24, 2.45) is 0 Å². The van der Waals surface area contributed by atoms with Gasteiger partial charge in [0.1, 0.15) is 5.82 Å². The second kappa shape index (κ2) is 3.75. The van der Waals surface area contributed by atoms with Crippen LogP contribution < -0.4 is 5.56 Å². The maximum absolute atomic E-state index is 11.1. The van der Waals surface area contributed by atoms with Crippen molar-refractivity contribution in [3.8, 4) is 0 Å². The number of H-pyrrole nitrogens is 1. The van der Waals surface area contributed by atoms with Gasteiger partial charge >= 0.3 is 0 Å². The normalized spacial score (nSPS) is 10.4. The van der Waals surface area contributed by atoms with E-state index in [9.17, 15) is 4.79 Å². The van der Waals surface area contributed by atoms with Gasteiger partial charge in [-0.2, -0.15) is 0 Å². The van der Waals surface area contributed by atoms with Gasteiger partial charge in [0, 0.05) is 23.1 Å². The molecule has 3 nitrogen and oxygen atoms in total. The Morgan fingerprint density at radius 1 is 1.57 bits per heavy atom. The van der Waals surface area contributed by atoms with Crippen molar-refractivity contribution in [2.75, 3.05) is 0 Å². The lowest BCUT2D eigenvalue weighted by Crippen LogP contribution is -2.11. The molecular formula is C10H10N2OS. The number of nitrogens with one attached hydrogen (secondary N) is 1. The fourth-order valence-corrected chi connectivity index (χ4v) is 2.01. The van der Waals surface area contributed by atoms with Crippen molar-refractivity contribution in [2.45, 2.75) is 13.3 Å². The number of nitrogens with zero attached hydrogens (tertiary/aromatic N) is 1. The zero-order chi connectivity index (χ0) is 9.97. The SMILES string of the molecule is Cc1cc(=O)[nH]c(Cc2cccs2)n1. The van der Waals surface area contributed by atoms with Crippen molar-refractivity contribution < 1.29 is 0 Å². The molecule has 0 unspecified atom stereocenters. The lowest BCUT2D eigenvalue weighted by molar-refractivity contribution is 0.930. The van der Waals surface area contributed by atoms with Crippen LogP contribution >= 0.6 is 11.3 Å². The highest BCUT2D eigenvalue weighted by Crippen LogP contribution is 2.11. The molecule has 0 aromatic carbocycles. The summed E-state index contributed by atoms with van der Waals surface area (Å²) in [5, 5.41) is 2.02. The maximum Gasteiger partial charge on any atom is 0.251 e. The summed E-state index contributed by atoms with van der Waals surface area (Å²) in [5.41, 5.74) is 0.685. The minimum atomic E-state index is -0.0796. The Morgan fingerprint density at radius 2 is 2.43 bits per heavy atom. The summed E-state index contributed by atoms with van der Waals surface area (Å²) in [7, 11) is 0. The predicted octanol–water partition coefficient (Wildman–Crippen LogP) is 1.73. The fourth-order valence-electron chi connectivity index (χ4n) is 1.30. The molecule has 14 heavy (non-hydrogen) atoms. The molecule has 0 bridgehead atoms. The molecule has 4 heteroatoms. The summed E-state index contributed by atoms with van der Waals surface area (Å²) in [6, 6.07) is 5.53. The van der Waals surface area contributed by atoms with Crippen LogP contribution in [0.4, 0.5) is 0 Å². The third kappa shape index (κ3) is 2.09. The molecule has 0 saturated carbocycles. The molecule has 0 aliphatic rings. The van der Waals surface area contributed by atoms with Gasteiger partial charge in [0.15, 0.2) is 0 Å². The quantitative estimate of drug-likeness (QED) is 0.813. The van der Waals surface area contributed by atoms with E-state index in [0.29, 0.717) is 6.42 Å². The second-order valence-corrected chi connectivity index (χ2v) is 4.12. The monoisotopic (exact) mass is 206 g/mol. The molecule has 0 saturated heterocycles. The Kier molecular flexibility index (Phi) is 2.45. The Morgan fingerprint density at radius 3 is 3.07 bits per heavy atom. The summed E-state index contributed by atoms with van der Waals surface area (Å²) in [5.74, 6) is 0.734. The number of rotatable bonds is 2. The van der Waals surface area contributed by atoms with Crippen molar-refractivity contribution in [1.82, 2.24) is 9.97 Å². The molecule has 2 rings (SSSR count). The Balaban J connectivity index is 2.29. The van der Waals surface area contributed by atoms with E-state index in [1.807, 2.05) is 24.4 Å². The molecule has 0 atom stereocenters. The number of hydrogen-bond acceptors (Lipinski definition) is 3. The van der Waals surface area contributed by atoms with E-state index in [1.54, 1.807) is 11.3 Å². The molecule has 0 aliphatic carbocycles. The summed E-state index contributed by atoms with van der Waals surface area (Å²) >= 11 is 1.67. The summed E-state index contributed by atoms with van der Waals surface area (Å²) in [6.45, 7) is 1.83. The third-order valence-corrected chi connectivity index (χ3v) is 2.72. The van der Waals surface area contributed by atoms with Crippen molar-refractivity contribution in [3.63, 3.8) is 0 Å². The van der Waals surface area contributed by atoms with Gasteiger partial charge < -0.3 is 4.98 Å².